The van der Waals surface area contributed by atoms with Gasteiger partial charge in [0, 0.05) is 37.9 Å². The van der Waals surface area contributed by atoms with Crippen molar-refractivity contribution in [3.05, 3.63) is 51.8 Å². The van der Waals surface area contributed by atoms with E-state index in [2.05, 4.69) is 10.1 Å². The number of aliphatic hydroxyl groups is 1. The molecule has 2 aromatic heterocycles. The van der Waals surface area contributed by atoms with E-state index in [4.69, 9.17) is 5.73 Å². The Hall–Kier alpha value is -2.51. The standard InChI is InChI=1S/C17H19FN4O2/c1-9(19)11-5-10(18)6-13-12(11)7-16(20-17(13)24)14-8-22(2)21-15(14)3-4-23/h5-9,23H,3-4,19H2,1-2H3,(H,20,24)/t9-/m1/s1. The normalized spacial score (nSPS) is 12.7. The van der Waals surface area contributed by atoms with Crippen molar-refractivity contribution in [2.75, 3.05) is 6.61 Å². The van der Waals surface area contributed by atoms with E-state index in [-0.39, 0.29) is 17.6 Å². The molecular weight excluding hydrogens is 311 g/mol. The lowest BCUT2D eigenvalue weighted by molar-refractivity contribution is 0.298. The maximum atomic E-state index is 13.8. The number of aryl methyl sites for hydroxylation is 1. The first-order valence-electron chi connectivity index (χ1n) is 7.66. The maximum Gasteiger partial charge on any atom is 0.256 e. The highest BCUT2D eigenvalue weighted by atomic mass is 19.1. The zero-order valence-corrected chi connectivity index (χ0v) is 13.5. The van der Waals surface area contributed by atoms with Gasteiger partial charge < -0.3 is 15.8 Å². The van der Waals surface area contributed by atoms with Gasteiger partial charge in [0.2, 0.25) is 0 Å². The van der Waals surface area contributed by atoms with Crippen molar-refractivity contribution >= 4 is 10.8 Å². The molecule has 3 rings (SSSR count). The first-order chi connectivity index (χ1) is 11.4. The second-order valence-electron chi connectivity index (χ2n) is 5.89. The van der Waals surface area contributed by atoms with Crippen molar-refractivity contribution in [1.29, 1.82) is 0 Å². The number of nitrogens with zero attached hydrogens (tertiary/aromatic N) is 2. The predicted octanol–water partition coefficient (Wildman–Crippen LogP) is 1.62. The van der Waals surface area contributed by atoms with Crippen molar-refractivity contribution in [3.63, 3.8) is 0 Å². The summed E-state index contributed by atoms with van der Waals surface area (Å²) < 4.78 is 15.4. The van der Waals surface area contributed by atoms with Gasteiger partial charge >= 0.3 is 0 Å². The summed E-state index contributed by atoms with van der Waals surface area (Å²) in [6, 6.07) is 3.94. The zero-order chi connectivity index (χ0) is 17.4. The molecule has 0 spiro atoms. The molecule has 3 aromatic rings. The van der Waals surface area contributed by atoms with E-state index >= 15 is 0 Å². The van der Waals surface area contributed by atoms with Crippen LogP contribution in [0.3, 0.4) is 0 Å². The molecule has 0 saturated heterocycles. The summed E-state index contributed by atoms with van der Waals surface area (Å²) in [5.41, 5.74) is 8.10. The van der Waals surface area contributed by atoms with Crippen molar-refractivity contribution < 1.29 is 9.50 Å². The Labute approximate surface area is 137 Å². The number of nitrogens with one attached hydrogen (secondary N) is 1. The molecule has 0 fully saturated rings. The number of hydrogen-bond acceptors (Lipinski definition) is 4. The Balaban J connectivity index is 2.30. The molecule has 0 aliphatic rings. The number of fused-ring (bicyclic) bond motifs is 1. The van der Waals surface area contributed by atoms with E-state index in [1.165, 1.54) is 12.1 Å². The average molecular weight is 330 g/mol. The number of pyridine rings is 1. The highest BCUT2D eigenvalue weighted by Gasteiger charge is 2.15. The third-order valence-corrected chi connectivity index (χ3v) is 3.99. The number of benzene rings is 1. The van der Waals surface area contributed by atoms with Crippen LogP contribution in [0.4, 0.5) is 4.39 Å². The van der Waals surface area contributed by atoms with E-state index < -0.39 is 11.9 Å². The number of aromatic nitrogens is 3. The fourth-order valence-corrected chi connectivity index (χ4v) is 2.93. The number of halogens is 1. The van der Waals surface area contributed by atoms with Gasteiger partial charge in [-0.25, -0.2) is 4.39 Å². The largest absolute Gasteiger partial charge is 0.396 e. The fourth-order valence-electron chi connectivity index (χ4n) is 2.93. The summed E-state index contributed by atoms with van der Waals surface area (Å²) in [5.74, 6) is -0.490. The third-order valence-electron chi connectivity index (χ3n) is 3.99. The molecule has 0 bridgehead atoms. The Kier molecular flexibility index (Phi) is 4.21. The van der Waals surface area contributed by atoms with Crippen LogP contribution in [-0.4, -0.2) is 26.5 Å². The van der Waals surface area contributed by atoms with Crippen LogP contribution < -0.4 is 11.3 Å². The maximum absolute atomic E-state index is 13.8. The van der Waals surface area contributed by atoms with Crippen LogP contribution >= 0.6 is 0 Å². The van der Waals surface area contributed by atoms with Crippen LogP contribution in [-0.2, 0) is 13.5 Å². The molecule has 126 valence electrons. The van der Waals surface area contributed by atoms with Gasteiger partial charge in [0.15, 0.2) is 0 Å². The summed E-state index contributed by atoms with van der Waals surface area (Å²) >= 11 is 0. The van der Waals surface area contributed by atoms with E-state index in [0.29, 0.717) is 28.8 Å². The number of aliphatic hydroxyl groups excluding tert-OH is 1. The van der Waals surface area contributed by atoms with Crippen LogP contribution in [0.1, 0.15) is 24.2 Å². The molecule has 2 heterocycles. The topological polar surface area (TPSA) is 96.9 Å². The first kappa shape index (κ1) is 16.4. The molecular formula is C17H19FN4O2. The molecule has 0 amide bonds. The predicted molar refractivity (Wildman–Crippen MR) is 90.1 cm³/mol. The Bertz CT molecular complexity index is 959. The minimum atomic E-state index is -0.490. The van der Waals surface area contributed by atoms with Gasteiger partial charge in [0.1, 0.15) is 5.82 Å². The van der Waals surface area contributed by atoms with Gasteiger partial charge in [-0.1, -0.05) is 0 Å². The number of H-pyrrole nitrogens is 1. The summed E-state index contributed by atoms with van der Waals surface area (Å²) in [7, 11) is 1.77. The highest BCUT2D eigenvalue weighted by molar-refractivity contribution is 5.88. The minimum absolute atomic E-state index is 0.0435. The Morgan fingerprint density at radius 3 is 2.79 bits per heavy atom. The molecule has 0 aliphatic carbocycles. The van der Waals surface area contributed by atoms with Crippen LogP contribution in [0.25, 0.3) is 22.0 Å². The summed E-state index contributed by atoms with van der Waals surface area (Å²) in [6.45, 7) is 1.70. The number of hydrogen-bond donors (Lipinski definition) is 3. The lowest BCUT2D eigenvalue weighted by Gasteiger charge is -2.12. The Morgan fingerprint density at radius 2 is 2.12 bits per heavy atom. The van der Waals surface area contributed by atoms with Crippen LogP contribution in [0.5, 0.6) is 0 Å². The molecule has 24 heavy (non-hydrogen) atoms. The van der Waals surface area contributed by atoms with Crippen LogP contribution in [0, 0.1) is 5.82 Å². The van der Waals surface area contributed by atoms with Gasteiger partial charge in [-0.05, 0) is 36.1 Å². The van der Waals surface area contributed by atoms with Gasteiger partial charge in [-0.15, -0.1) is 0 Å². The summed E-state index contributed by atoms with van der Waals surface area (Å²) in [5, 5.41) is 14.4. The molecule has 4 N–H and O–H groups in total. The molecule has 0 aliphatic heterocycles. The van der Waals surface area contributed by atoms with E-state index in [0.717, 1.165) is 5.56 Å². The van der Waals surface area contributed by atoms with Crippen LogP contribution in [0.2, 0.25) is 0 Å². The van der Waals surface area contributed by atoms with Crippen molar-refractivity contribution in [2.45, 2.75) is 19.4 Å². The van der Waals surface area contributed by atoms with E-state index in [1.807, 2.05) is 0 Å². The zero-order valence-electron chi connectivity index (χ0n) is 13.5. The lowest BCUT2D eigenvalue weighted by Crippen LogP contribution is -2.12. The molecule has 1 aromatic carbocycles. The number of nitrogens with two attached hydrogens (primary N) is 1. The van der Waals surface area contributed by atoms with Crippen molar-refractivity contribution in [1.82, 2.24) is 14.8 Å². The molecule has 0 radical (unpaired) electrons. The SMILES string of the molecule is C[C@@H](N)c1cc(F)cc2c(=O)[nH]c(-c3cn(C)nc3CCO)cc12. The van der Waals surface area contributed by atoms with Gasteiger partial charge in [0.25, 0.3) is 5.56 Å². The average Bonchev–Trinajstić information content (AvgIpc) is 2.88. The smallest absolute Gasteiger partial charge is 0.256 e. The quantitative estimate of drug-likeness (QED) is 0.677. The second kappa shape index (κ2) is 6.18. The number of rotatable bonds is 4. The second-order valence-corrected chi connectivity index (χ2v) is 5.89. The summed E-state index contributed by atoms with van der Waals surface area (Å²) in [4.78, 5) is 15.2. The van der Waals surface area contributed by atoms with E-state index in [9.17, 15) is 14.3 Å². The third kappa shape index (κ3) is 2.83. The van der Waals surface area contributed by atoms with Gasteiger partial charge in [0.05, 0.1) is 16.8 Å². The molecule has 1 atom stereocenters. The van der Waals surface area contributed by atoms with Crippen molar-refractivity contribution in [2.24, 2.45) is 12.8 Å². The van der Waals surface area contributed by atoms with Gasteiger partial charge in [-0.3, -0.25) is 9.48 Å². The Morgan fingerprint density at radius 1 is 1.38 bits per heavy atom. The molecule has 0 unspecified atom stereocenters. The van der Waals surface area contributed by atoms with E-state index in [1.54, 1.807) is 30.9 Å². The fraction of sp³-hybridized carbons (Fsp3) is 0.294. The summed E-state index contributed by atoms with van der Waals surface area (Å²) in [6.07, 6.45) is 2.15. The molecule has 7 heteroatoms. The van der Waals surface area contributed by atoms with Gasteiger partial charge in [-0.2, -0.15) is 5.10 Å². The molecule has 6 nitrogen and oxygen atoms in total. The number of aromatic amines is 1. The first-order valence-corrected chi connectivity index (χ1v) is 7.66. The highest BCUT2D eigenvalue weighted by Crippen LogP contribution is 2.27. The van der Waals surface area contributed by atoms with Crippen LogP contribution in [0.15, 0.2) is 29.2 Å². The monoisotopic (exact) mass is 330 g/mol. The lowest BCUT2D eigenvalue weighted by atomic mass is 9.99. The minimum Gasteiger partial charge on any atom is -0.396 e. The van der Waals surface area contributed by atoms with Crippen molar-refractivity contribution in [3.8, 4) is 11.3 Å². The molecule has 0 saturated carbocycles.